The number of thiazole rings is 1. The van der Waals surface area contributed by atoms with E-state index in [0.29, 0.717) is 0 Å². The minimum absolute atomic E-state index is 0. The van der Waals surface area contributed by atoms with Gasteiger partial charge in [0.1, 0.15) is 0 Å². The summed E-state index contributed by atoms with van der Waals surface area (Å²) in [6, 6.07) is 0. The molecule has 5 heteroatoms. The number of piperazine rings is 1. The summed E-state index contributed by atoms with van der Waals surface area (Å²) in [4.78, 5) is 8.42. The zero-order chi connectivity index (χ0) is 11.6. The Hall–Kier alpha value is -0.160. The minimum Gasteiger partial charge on any atom is -0.314 e. The predicted octanol–water partition coefficient (Wildman–Crippen LogP) is 2.27. The molecule has 0 aliphatic carbocycles. The summed E-state index contributed by atoms with van der Waals surface area (Å²) in [6.45, 7) is 12.3. The Morgan fingerprint density at radius 3 is 2.53 bits per heavy atom. The summed E-state index contributed by atoms with van der Waals surface area (Å²) in [5, 5.41) is 4.62. The van der Waals surface area contributed by atoms with E-state index in [9.17, 15) is 0 Å². The number of nitrogens with one attached hydrogen (secondary N) is 1. The second-order valence-electron chi connectivity index (χ2n) is 5.41. The molecule has 0 amide bonds. The fraction of sp³-hybridized carbons (Fsp3) is 0.750. The van der Waals surface area contributed by atoms with E-state index in [0.717, 1.165) is 32.7 Å². The molecule has 1 aliphatic rings. The summed E-state index contributed by atoms with van der Waals surface area (Å²) in [7, 11) is 0. The van der Waals surface area contributed by atoms with Crippen LogP contribution < -0.4 is 5.32 Å². The Labute approximate surface area is 114 Å². The van der Waals surface area contributed by atoms with Crippen molar-refractivity contribution in [1.82, 2.24) is 15.2 Å². The first-order chi connectivity index (χ1) is 7.55. The van der Waals surface area contributed by atoms with E-state index in [2.05, 4.69) is 36.0 Å². The van der Waals surface area contributed by atoms with Crippen molar-refractivity contribution in [3.63, 3.8) is 0 Å². The standard InChI is InChI=1S/C12H21N3S.ClH/c1-12(2,3)11-14-8-10(16-11)9-15-6-4-13-5-7-15;/h8,13H,4-7,9H2,1-3H3;1H. The van der Waals surface area contributed by atoms with Crippen LogP contribution in [0.1, 0.15) is 30.7 Å². The molecule has 1 saturated heterocycles. The summed E-state index contributed by atoms with van der Waals surface area (Å²) < 4.78 is 0. The van der Waals surface area contributed by atoms with Crippen molar-refractivity contribution in [2.75, 3.05) is 26.2 Å². The highest BCUT2D eigenvalue weighted by Crippen LogP contribution is 2.27. The monoisotopic (exact) mass is 275 g/mol. The van der Waals surface area contributed by atoms with Gasteiger partial charge >= 0.3 is 0 Å². The molecule has 1 aliphatic heterocycles. The number of rotatable bonds is 2. The highest BCUT2D eigenvalue weighted by molar-refractivity contribution is 7.11. The van der Waals surface area contributed by atoms with Crippen molar-refractivity contribution in [3.8, 4) is 0 Å². The van der Waals surface area contributed by atoms with Gasteiger partial charge in [-0.3, -0.25) is 4.90 Å². The van der Waals surface area contributed by atoms with E-state index in [-0.39, 0.29) is 17.8 Å². The molecule has 17 heavy (non-hydrogen) atoms. The Kier molecular flexibility index (Phi) is 5.38. The first kappa shape index (κ1) is 14.9. The molecule has 0 atom stereocenters. The van der Waals surface area contributed by atoms with Crippen molar-refractivity contribution in [2.45, 2.75) is 32.7 Å². The molecule has 1 N–H and O–H groups in total. The normalized spacial score (nSPS) is 17.8. The molecule has 1 aromatic heterocycles. The highest BCUT2D eigenvalue weighted by Gasteiger charge is 2.19. The Balaban J connectivity index is 0.00000144. The maximum absolute atomic E-state index is 4.53. The molecule has 0 aromatic carbocycles. The first-order valence-electron chi connectivity index (χ1n) is 5.94. The van der Waals surface area contributed by atoms with Crippen LogP contribution in [0.3, 0.4) is 0 Å². The fourth-order valence-electron chi connectivity index (χ4n) is 1.82. The highest BCUT2D eigenvalue weighted by atomic mass is 35.5. The average Bonchev–Trinajstić information content (AvgIpc) is 2.67. The van der Waals surface area contributed by atoms with E-state index < -0.39 is 0 Å². The van der Waals surface area contributed by atoms with Gasteiger partial charge in [0.05, 0.1) is 5.01 Å². The lowest BCUT2D eigenvalue weighted by atomic mass is 9.98. The minimum atomic E-state index is 0. The fourth-order valence-corrected chi connectivity index (χ4v) is 2.83. The van der Waals surface area contributed by atoms with Crippen LogP contribution in [0.15, 0.2) is 6.20 Å². The van der Waals surface area contributed by atoms with Gasteiger partial charge in [0, 0.05) is 49.2 Å². The maximum atomic E-state index is 4.53. The SMILES string of the molecule is CC(C)(C)c1ncc(CN2CCNCC2)s1.Cl. The lowest BCUT2D eigenvalue weighted by Gasteiger charge is -2.26. The number of hydrogen-bond acceptors (Lipinski definition) is 4. The van der Waals surface area contributed by atoms with E-state index in [1.165, 1.54) is 9.88 Å². The van der Waals surface area contributed by atoms with Crippen molar-refractivity contribution < 1.29 is 0 Å². The zero-order valence-electron chi connectivity index (χ0n) is 10.8. The second kappa shape index (κ2) is 6.14. The molecule has 0 bridgehead atoms. The van der Waals surface area contributed by atoms with Gasteiger partial charge in [-0.15, -0.1) is 23.7 Å². The molecule has 3 nitrogen and oxygen atoms in total. The lowest BCUT2D eigenvalue weighted by Crippen LogP contribution is -2.42. The van der Waals surface area contributed by atoms with E-state index >= 15 is 0 Å². The Morgan fingerprint density at radius 1 is 1.35 bits per heavy atom. The van der Waals surface area contributed by atoms with Gasteiger partial charge in [0.2, 0.25) is 0 Å². The molecule has 2 rings (SSSR count). The maximum Gasteiger partial charge on any atom is 0.0981 e. The number of aromatic nitrogens is 1. The quantitative estimate of drug-likeness (QED) is 0.898. The average molecular weight is 276 g/mol. The number of nitrogens with zero attached hydrogens (tertiary/aromatic N) is 2. The summed E-state index contributed by atoms with van der Waals surface area (Å²) in [6.07, 6.45) is 2.05. The molecule has 1 fully saturated rings. The third kappa shape index (κ3) is 4.21. The van der Waals surface area contributed by atoms with Gasteiger partial charge in [0.25, 0.3) is 0 Å². The van der Waals surface area contributed by atoms with Crippen LogP contribution >= 0.6 is 23.7 Å². The van der Waals surface area contributed by atoms with Crippen molar-refractivity contribution in [1.29, 1.82) is 0 Å². The van der Waals surface area contributed by atoms with E-state index in [4.69, 9.17) is 0 Å². The number of hydrogen-bond donors (Lipinski definition) is 1. The largest absolute Gasteiger partial charge is 0.314 e. The molecular formula is C12H22ClN3S. The summed E-state index contributed by atoms with van der Waals surface area (Å²) in [5.41, 5.74) is 0.187. The third-order valence-corrected chi connectivity index (χ3v) is 4.19. The summed E-state index contributed by atoms with van der Waals surface area (Å²) in [5.74, 6) is 0. The van der Waals surface area contributed by atoms with Crippen LogP contribution in [0.2, 0.25) is 0 Å². The van der Waals surface area contributed by atoms with Crippen LogP contribution in [0.4, 0.5) is 0 Å². The Morgan fingerprint density at radius 2 is 2.00 bits per heavy atom. The van der Waals surface area contributed by atoms with Crippen LogP contribution in [-0.2, 0) is 12.0 Å². The lowest BCUT2D eigenvalue weighted by molar-refractivity contribution is 0.235. The first-order valence-corrected chi connectivity index (χ1v) is 6.75. The molecule has 0 unspecified atom stereocenters. The van der Waals surface area contributed by atoms with Crippen LogP contribution in [0.5, 0.6) is 0 Å². The molecule has 0 saturated carbocycles. The molecular weight excluding hydrogens is 254 g/mol. The molecule has 2 heterocycles. The number of halogens is 1. The summed E-state index contributed by atoms with van der Waals surface area (Å²) >= 11 is 1.86. The Bertz CT molecular complexity index is 340. The second-order valence-corrected chi connectivity index (χ2v) is 6.52. The van der Waals surface area contributed by atoms with Crippen LogP contribution in [0.25, 0.3) is 0 Å². The smallest absolute Gasteiger partial charge is 0.0981 e. The van der Waals surface area contributed by atoms with Gasteiger partial charge in [-0.1, -0.05) is 20.8 Å². The van der Waals surface area contributed by atoms with Gasteiger partial charge in [0.15, 0.2) is 0 Å². The van der Waals surface area contributed by atoms with Gasteiger partial charge in [-0.2, -0.15) is 0 Å². The molecule has 0 radical (unpaired) electrons. The van der Waals surface area contributed by atoms with Gasteiger partial charge < -0.3 is 5.32 Å². The van der Waals surface area contributed by atoms with Gasteiger partial charge in [-0.05, 0) is 0 Å². The van der Waals surface area contributed by atoms with E-state index in [1.54, 1.807) is 0 Å². The van der Waals surface area contributed by atoms with Gasteiger partial charge in [-0.25, -0.2) is 4.98 Å². The van der Waals surface area contributed by atoms with E-state index in [1.807, 2.05) is 17.5 Å². The van der Waals surface area contributed by atoms with Crippen molar-refractivity contribution in [3.05, 3.63) is 16.1 Å². The topological polar surface area (TPSA) is 28.2 Å². The van der Waals surface area contributed by atoms with Crippen LogP contribution in [0, 0.1) is 0 Å². The van der Waals surface area contributed by atoms with Crippen LogP contribution in [-0.4, -0.2) is 36.1 Å². The molecule has 0 spiro atoms. The van der Waals surface area contributed by atoms with Crippen molar-refractivity contribution in [2.24, 2.45) is 0 Å². The van der Waals surface area contributed by atoms with Crippen molar-refractivity contribution >= 4 is 23.7 Å². The third-order valence-electron chi connectivity index (χ3n) is 2.78. The zero-order valence-corrected chi connectivity index (χ0v) is 12.5. The predicted molar refractivity (Wildman–Crippen MR) is 76.2 cm³/mol. The molecule has 1 aromatic rings. The molecule has 98 valence electrons.